The molecule has 8 heteroatoms. The van der Waals surface area contributed by atoms with Gasteiger partial charge in [-0.15, -0.1) is 13.2 Å². The maximum absolute atomic E-state index is 12.5. The summed E-state index contributed by atoms with van der Waals surface area (Å²) in [6.07, 6.45) is 1.80. The summed E-state index contributed by atoms with van der Waals surface area (Å²) < 4.78 is 41.7. The van der Waals surface area contributed by atoms with E-state index in [-0.39, 0.29) is 12.3 Å². The largest absolute Gasteiger partial charge is 0.573 e. The fraction of sp³-hybridized carbons (Fsp3) is 0.421. The third-order valence-electron chi connectivity index (χ3n) is 4.65. The summed E-state index contributed by atoms with van der Waals surface area (Å²) in [5, 5.41) is 6.39. The molecule has 1 aliphatic rings. The fourth-order valence-electron chi connectivity index (χ4n) is 3.24. The van der Waals surface area contributed by atoms with Crippen molar-refractivity contribution in [3.8, 4) is 5.75 Å². The van der Waals surface area contributed by atoms with Crippen LogP contribution in [0.5, 0.6) is 5.75 Å². The molecule has 0 spiro atoms. The molecule has 0 atom stereocenters. The zero-order valence-electron chi connectivity index (χ0n) is 14.9. The Labute approximate surface area is 156 Å². The molecule has 0 unspecified atom stereocenters. The van der Waals surface area contributed by atoms with Gasteiger partial charge in [-0.2, -0.15) is 0 Å². The number of hydrogen-bond donors (Lipinski definition) is 3. The second-order valence-corrected chi connectivity index (χ2v) is 6.70. The standard InChI is InChI=1S/C19H23F3N4O/c20-19(21,22)27-17-8-4-3-7-14(17)11-24-16-9-18(26-12-15(16)23)25-10-13-5-1-2-6-13/h3-4,7-9,12-13H,1-2,5-6,10-11,23H2,(H2,24,25,26). The number of halogens is 3. The first kappa shape index (κ1) is 19.1. The smallest absolute Gasteiger partial charge is 0.405 e. The number of aromatic nitrogens is 1. The molecular formula is C19H23F3N4O. The van der Waals surface area contributed by atoms with Crippen LogP contribution in [0.15, 0.2) is 36.5 Å². The van der Waals surface area contributed by atoms with E-state index in [2.05, 4.69) is 20.4 Å². The molecular weight excluding hydrogens is 357 g/mol. The zero-order valence-corrected chi connectivity index (χ0v) is 14.9. The molecule has 5 nitrogen and oxygen atoms in total. The number of para-hydroxylation sites is 1. The van der Waals surface area contributed by atoms with Crippen LogP contribution in [0.1, 0.15) is 31.2 Å². The van der Waals surface area contributed by atoms with Crippen LogP contribution in [0.4, 0.5) is 30.4 Å². The second-order valence-electron chi connectivity index (χ2n) is 6.70. The highest BCUT2D eigenvalue weighted by molar-refractivity contribution is 5.69. The monoisotopic (exact) mass is 380 g/mol. The lowest BCUT2D eigenvalue weighted by Crippen LogP contribution is -2.18. The fourth-order valence-corrected chi connectivity index (χ4v) is 3.24. The Hall–Kier alpha value is -2.64. The molecule has 1 heterocycles. The quantitative estimate of drug-likeness (QED) is 0.645. The van der Waals surface area contributed by atoms with E-state index in [4.69, 9.17) is 5.73 Å². The molecule has 0 radical (unpaired) electrons. The van der Waals surface area contributed by atoms with Gasteiger partial charge in [0.15, 0.2) is 0 Å². The summed E-state index contributed by atoms with van der Waals surface area (Å²) in [7, 11) is 0. The molecule has 27 heavy (non-hydrogen) atoms. The van der Waals surface area contributed by atoms with E-state index in [9.17, 15) is 13.2 Å². The lowest BCUT2D eigenvalue weighted by molar-refractivity contribution is -0.274. The van der Waals surface area contributed by atoms with Gasteiger partial charge in [0.1, 0.15) is 11.6 Å². The number of alkyl halides is 3. The average Bonchev–Trinajstić information content (AvgIpc) is 3.13. The third kappa shape index (κ3) is 5.67. The number of nitrogens with one attached hydrogen (secondary N) is 2. The van der Waals surface area contributed by atoms with Crippen molar-refractivity contribution in [1.82, 2.24) is 4.98 Å². The molecule has 1 aromatic carbocycles. The maximum Gasteiger partial charge on any atom is 0.573 e. The summed E-state index contributed by atoms with van der Waals surface area (Å²) in [6, 6.07) is 7.79. The van der Waals surface area contributed by atoms with Crippen LogP contribution >= 0.6 is 0 Å². The van der Waals surface area contributed by atoms with E-state index in [0.717, 1.165) is 6.54 Å². The Morgan fingerprint density at radius 1 is 1.15 bits per heavy atom. The van der Waals surface area contributed by atoms with Gasteiger partial charge in [0.05, 0.1) is 17.6 Å². The summed E-state index contributed by atoms with van der Waals surface area (Å²) in [5.41, 5.74) is 7.37. The molecule has 0 aliphatic heterocycles. The molecule has 146 valence electrons. The molecule has 3 rings (SSSR count). The van der Waals surface area contributed by atoms with E-state index in [1.807, 2.05) is 0 Å². The Balaban J connectivity index is 1.64. The number of rotatable bonds is 7. The molecule has 1 aliphatic carbocycles. The topological polar surface area (TPSA) is 72.2 Å². The van der Waals surface area contributed by atoms with Gasteiger partial charge < -0.3 is 21.1 Å². The summed E-state index contributed by atoms with van der Waals surface area (Å²) in [6.45, 7) is 1.00. The molecule has 4 N–H and O–H groups in total. The van der Waals surface area contributed by atoms with Crippen molar-refractivity contribution in [2.45, 2.75) is 38.6 Å². The predicted octanol–water partition coefficient (Wildman–Crippen LogP) is 4.78. The molecule has 1 fully saturated rings. The molecule has 0 bridgehead atoms. The van der Waals surface area contributed by atoms with Crippen molar-refractivity contribution in [1.29, 1.82) is 0 Å². The van der Waals surface area contributed by atoms with Crippen LogP contribution in [0, 0.1) is 5.92 Å². The van der Waals surface area contributed by atoms with Gasteiger partial charge >= 0.3 is 6.36 Å². The SMILES string of the molecule is Nc1cnc(NCC2CCCC2)cc1NCc1ccccc1OC(F)(F)F. The zero-order chi connectivity index (χ0) is 19.3. The first-order chi connectivity index (χ1) is 12.9. The number of nitrogens with zero attached hydrogens (tertiary/aromatic N) is 1. The van der Waals surface area contributed by atoms with Gasteiger partial charge in [0, 0.05) is 24.7 Å². The highest BCUT2D eigenvalue weighted by Crippen LogP contribution is 2.29. The lowest BCUT2D eigenvalue weighted by atomic mass is 10.1. The summed E-state index contributed by atoms with van der Waals surface area (Å²) in [5.74, 6) is 1.12. The van der Waals surface area contributed by atoms with Crippen LogP contribution in [-0.4, -0.2) is 17.9 Å². The van der Waals surface area contributed by atoms with E-state index in [1.165, 1.54) is 44.0 Å². The number of ether oxygens (including phenoxy) is 1. The number of hydrogen-bond acceptors (Lipinski definition) is 5. The molecule has 0 saturated heterocycles. The third-order valence-corrected chi connectivity index (χ3v) is 4.65. The Kier molecular flexibility index (Phi) is 5.93. The van der Waals surface area contributed by atoms with E-state index in [0.29, 0.717) is 28.7 Å². The lowest BCUT2D eigenvalue weighted by Gasteiger charge is -2.16. The van der Waals surface area contributed by atoms with E-state index >= 15 is 0 Å². The van der Waals surface area contributed by atoms with Crippen LogP contribution in [0.25, 0.3) is 0 Å². The number of benzene rings is 1. The van der Waals surface area contributed by atoms with Gasteiger partial charge in [-0.1, -0.05) is 31.0 Å². The number of nitrogens with two attached hydrogens (primary N) is 1. The van der Waals surface area contributed by atoms with E-state index in [1.54, 1.807) is 18.2 Å². The second kappa shape index (κ2) is 8.37. The number of anilines is 3. The molecule has 1 aromatic heterocycles. The van der Waals surface area contributed by atoms with Gasteiger partial charge in [-0.3, -0.25) is 0 Å². The van der Waals surface area contributed by atoms with E-state index < -0.39 is 6.36 Å². The van der Waals surface area contributed by atoms with Crippen LogP contribution < -0.4 is 21.1 Å². The first-order valence-corrected chi connectivity index (χ1v) is 8.97. The molecule has 1 saturated carbocycles. The molecule has 0 amide bonds. The highest BCUT2D eigenvalue weighted by Gasteiger charge is 2.31. The first-order valence-electron chi connectivity index (χ1n) is 8.97. The van der Waals surface area contributed by atoms with Crippen LogP contribution in [-0.2, 0) is 6.54 Å². The summed E-state index contributed by atoms with van der Waals surface area (Å²) >= 11 is 0. The van der Waals surface area contributed by atoms with Gasteiger partial charge in [-0.25, -0.2) is 4.98 Å². The van der Waals surface area contributed by atoms with Crippen LogP contribution in [0.2, 0.25) is 0 Å². The van der Waals surface area contributed by atoms with Gasteiger partial charge in [0.2, 0.25) is 0 Å². The maximum atomic E-state index is 12.5. The van der Waals surface area contributed by atoms with Crippen molar-refractivity contribution < 1.29 is 17.9 Å². The normalized spacial score (nSPS) is 14.9. The Bertz CT molecular complexity index is 761. The minimum atomic E-state index is -4.73. The predicted molar refractivity (Wildman–Crippen MR) is 99.5 cm³/mol. The Morgan fingerprint density at radius 2 is 1.89 bits per heavy atom. The van der Waals surface area contributed by atoms with Crippen LogP contribution in [0.3, 0.4) is 0 Å². The van der Waals surface area contributed by atoms with Crippen molar-refractivity contribution >= 4 is 17.2 Å². The van der Waals surface area contributed by atoms with Crippen molar-refractivity contribution in [2.75, 3.05) is 22.9 Å². The highest BCUT2D eigenvalue weighted by atomic mass is 19.4. The van der Waals surface area contributed by atoms with Crippen molar-refractivity contribution in [2.24, 2.45) is 5.92 Å². The number of pyridine rings is 1. The minimum absolute atomic E-state index is 0.141. The van der Waals surface area contributed by atoms with Gasteiger partial charge in [0.25, 0.3) is 0 Å². The Morgan fingerprint density at radius 3 is 2.63 bits per heavy atom. The minimum Gasteiger partial charge on any atom is -0.405 e. The van der Waals surface area contributed by atoms with Gasteiger partial charge in [-0.05, 0) is 24.8 Å². The number of nitrogen functional groups attached to an aromatic ring is 1. The summed E-state index contributed by atoms with van der Waals surface area (Å²) in [4.78, 5) is 4.27. The van der Waals surface area contributed by atoms with Crippen molar-refractivity contribution in [3.63, 3.8) is 0 Å². The van der Waals surface area contributed by atoms with Crippen molar-refractivity contribution in [3.05, 3.63) is 42.1 Å². The average molecular weight is 380 g/mol. The molecule has 2 aromatic rings.